The van der Waals surface area contributed by atoms with E-state index in [4.69, 9.17) is 4.52 Å². The van der Waals surface area contributed by atoms with Gasteiger partial charge in [0.2, 0.25) is 11.6 Å². The van der Waals surface area contributed by atoms with Gasteiger partial charge in [-0.1, -0.05) is 22.9 Å². The van der Waals surface area contributed by atoms with E-state index in [1.807, 2.05) is 31.2 Å². The second-order valence-corrected chi connectivity index (χ2v) is 3.35. The smallest absolute Gasteiger partial charge is 0.258 e. The molecule has 4 heteroatoms. The van der Waals surface area contributed by atoms with Gasteiger partial charge in [-0.25, -0.2) is 0 Å². The second-order valence-electron chi connectivity index (χ2n) is 3.35. The zero-order valence-corrected chi connectivity index (χ0v) is 8.52. The molecular formula is C11H10N2O2. The van der Waals surface area contributed by atoms with Gasteiger partial charge in [-0.05, 0) is 19.1 Å². The zero-order chi connectivity index (χ0) is 10.8. The van der Waals surface area contributed by atoms with E-state index in [-0.39, 0.29) is 11.6 Å². The molecule has 0 spiro atoms. The number of carbonyl (C=O) groups excluding carboxylic acids is 1. The van der Waals surface area contributed by atoms with Crippen LogP contribution < -0.4 is 0 Å². The van der Waals surface area contributed by atoms with Crippen LogP contribution in [0.1, 0.15) is 23.1 Å². The van der Waals surface area contributed by atoms with Gasteiger partial charge < -0.3 is 4.52 Å². The number of Topliss-reactive ketones (excluding diaryl/α,β-unsaturated/α-hetero) is 1. The molecule has 0 bridgehead atoms. The van der Waals surface area contributed by atoms with Crippen molar-refractivity contribution in [3.05, 3.63) is 35.7 Å². The number of aryl methyl sites for hydroxylation is 1. The quantitative estimate of drug-likeness (QED) is 0.701. The summed E-state index contributed by atoms with van der Waals surface area (Å²) in [5.74, 6) is 0.299. The first kappa shape index (κ1) is 9.58. The Labute approximate surface area is 86.9 Å². The van der Waals surface area contributed by atoms with Crippen LogP contribution in [0.4, 0.5) is 0 Å². The summed E-state index contributed by atoms with van der Waals surface area (Å²) in [6.45, 7) is 3.39. The lowest BCUT2D eigenvalue weighted by atomic mass is 10.1. The molecule has 0 saturated carbocycles. The molecule has 76 valence electrons. The van der Waals surface area contributed by atoms with Crippen LogP contribution in [0.5, 0.6) is 0 Å². The van der Waals surface area contributed by atoms with E-state index in [0.29, 0.717) is 5.89 Å². The van der Waals surface area contributed by atoms with Crippen molar-refractivity contribution >= 4 is 5.78 Å². The minimum Gasteiger partial charge on any atom is -0.334 e. The van der Waals surface area contributed by atoms with Crippen LogP contribution in [-0.2, 0) is 0 Å². The third kappa shape index (κ3) is 1.93. The molecule has 0 N–H and O–H groups in total. The van der Waals surface area contributed by atoms with Gasteiger partial charge >= 0.3 is 0 Å². The van der Waals surface area contributed by atoms with E-state index in [1.165, 1.54) is 6.92 Å². The fraction of sp³-hybridized carbons (Fsp3) is 0.182. The lowest BCUT2D eigenvalue weighted by Gasteiger charge is -1.94. The van der Waals surface area contributed by atoms with Gasteiger partial charge in [0.1, 0.15) is 0 Å². The lowest BCUT2D eigenvalue weighted by Crippen LogP contribution is -1.93. The Morgan fingerprint density at radius 3 is 2.80 bits per heavy atom. The van der Waals surface area contributed by atoms with Gasteiger partial charge in [0, 0.05) is 12.5 Å². The van der Waals surface area contributed by atoms with Crippen molar-refractivity contribution in [3.8, 4) is 11.5 Å². The normalized spacial score (nSPS) is 10.3. The van der Waals surface area contributed by atoms with Crippen molar-refractivity contribution in [2.24, 2.45) is 0 Å². The summed E-state index contributed by atoms with van der Waals surface area (Å²) in [7, 11) is 0. The molecule has 4 nitrogen and oxygen atoms in total. The largest absolute Gasteiger partial charge is 0.334 e. The molecule has 0 atom stereocenters. The van der Waals surface area contributed by atoms with E-state index in [2.05, 4.69) is 10.1 Å². The summed E-state index contributed by atoms with van der Waals surface area (Å²) < 4.78 is 4.99. The fourth-order valence-corrected chi connectivity index (χ4v) is 1.26. The first-order chi connectivity index (χ1) is 7.16. The number of hydrogen-bond acceptors (Lipinski definition) is 4. The van der Waals surface area contributed by atoms with Crippen LogP contribution in [0.3, 0.4) is 0 Å². The van der Waals surface area contributed by atoms with Crippen LogP contribution in [0.15, 0.2) is 28.8 Å². The highest BCUT2D eigenvalue weighted by Gasteiger charge is 2.11. The zero-order valence-electron chi connectivity index (χ0n) is 8.52. The van der Waals surface area contributed by atoms with Crippen molar-refractivity contribution < 1.29 is 9.32 Å². The maximum atomic E-state index is 11.0. The third-order valence-corrected chi connectivity index (χ3v) is 2.01. The van der Waals surface area contributed by atoms with Crippen molar-refractivity contribution in [1.82, 2.24) is 10.1 Å². The molecule has 0 aliphatic heterocycles. The molecule has 0 amide bonds. The number of hydrogen-bond donors (Lipinski definition) is 0. The van der Waals surface area contributed by atoms with Gasteiger partial charge in [0.15, 0.2) is 0 Å². The molecular weight excluding hydrogens is 192 g/mol. The number of rotatable bonds is 2. The van der Waals surface area contributed by atoms with Crippen molar-refractivity contribution in [3.63, 3.8) is 0 Å². The molecule has 0 fully saturated rings. The molecule has 0 radical (unpaired) electrons. The average molecular weight is 202 g/mol. The van der Waals surface area contributed by atoms with Crippen LogP contribution in [0, 0.1) is 6.92 Å². The second kappa shape index (κ2) is 3.65. The average Bonchev–Trinajstić information content (AvgIpc) is 2.66. The Bertz CT molecular complexity index is 503. The molecule has 0 saturated heterocycles. The van der Waals surface area contributed by atoms with Crippen molar-refractivity contribution in [2.45, 2.75) is 13.8 Å². The Hall–Kier alpha value is -1.97. The predicted molar refractivity (Wildman–Crippen MR) is 54.5 cm³/mol. The van der Waals surface area contributed by atoms with Crippen LogP contribution in [0.2, 0.25) is 0 Å². The summed E-state index contributed by atoms with van der Waals surface area (Å²) in [4.78, 5) is 15.0. The van der Waals surface area contributed by atoms with E-state index < -0.39 is 0 Å². The fourth-order valence-electron chi connectivity index (χ4n) is 1.26. The van der Waals surface area contributed by atoms with Crippen molar-refractivity contribution in [1.29, 1.82) is 0 Å². The molecule has 1 heterocycles. The Kier molecular flexibility index (Phi) is 2.33. The first-order valence-corrected chi connectivity index (χ1v) is 4.58. The number of benzene rings is 1. The minimum atomic E-state index is -0.197. The highest BCUT2D eigenvalue weighted by molar-refractivity contribution is 5.90. The number of nitrogens with zero attached hydrogens (tertiary/aromatic N) is 2. The van der Waals surface area contributed by atoms with Crippen molar-refractivity contribution in [2.75, 3.05) is 0 Å². The summed E-state index contributed by atoms with van der Waals surface area (Å²) in [6, 6.07) is 7.68. The van der Waals surface area contributed by atoms with Crippen LogP contribution in [0.25, 0.3) is 11.5 Å². The summed E-state index contributed by atoms with van der Waals surface area (Å²) in [6.07, 6.45) is 0. The van der Waals surface area contributed by atoms with Gasteiger partial charge in [-0.3, -0.25) is 4.79 Å². The monoisotopic (exact) mass is 202 g/mol. The Morgan fingerprint density at radius 2 is 2.20 bits per heavy atom. The Morgan fingerprint density at radius 1 is 1.40 bits per heavy atom. The lowest BCUT2D eigenvalue weighted by molar-refractivity contribution is 0.100. The van der Waals surface area contributed by atoms with Crippen LogP contribution in [-0.4, -0.2) is 15.9 Å². The molecule has 1 aromatic heterocycles. The standard InChI is InChI=1S/C11H10N2O2/c1-7-4-3-5-9(6-7)11-12-10(8(2)14)13-15-11/h3-6H,1-2H3. The van der Waals surface area contributed by atoms with Gasteiger partial charge in [0.25, 0.3) is 5.89 Å². The van der Waals surface area contributed by atoms with E-state index in [9.17, 15) is 4.79 Å². The predicted octanol–water partition coefficient (Wildman–Crippen LogP) is 2.25. The summed E-state index contributed by atoms with van der Waals surface area (Å²) in [5.41, 5.74) is 1.94. The van der Waals surface area contributed by atoms with E-state index in [0.717, 1.165) is 11.1 Å². The highest BCUT2D eigenvalue weighted by Crippen LogP contribution is 2.17. The minimum absolute atomic E-state index is 0.117. The highest BCUT2D eigenvalue weighted by atomic mass is 16.5. The third-order valence-electron chi connectivity index (χ3n) is 2.01. The maximum Gasteiger partial charge on any atom is 0.258 e. The first-order valence-electron chi connectivity index (χ1n) is 4.58. The molecule has 15 heavy (non-hydrogen) atoms. The summed E-state index contributed by atoms with van der Waals surface area (Å²) >= 11 is 0. The van der Waals surface area contributed by atoms with Gasteiger partial charge in [-0.2, -0.15) is 4.98 Å². The Balaban J connectivity index is 2.41. The molecule has 2 rings (SSSR count). The van der Waals surface area contributed by atoms with Crippen LogP contribution >= 0.6 is 0 Å². The molecule has 0 aliphatic rings. The number of ketones is 1. The van der Waals surface area contributed by atoms with E-state index in [1.54, 1.807) is 0 Å². The maximum absolute atomic E-state index is 11.0. The molecule has 2 aromatic rings. The van der Waals surface area contributed by atoms with Gasteiger partial charge in [0.05, 0.1) is 0 Å². The topological polar surface area (TPSA) is 56.0 Å². The molecule has 0 aliphatic carbocycles. The van der Waals surface area contributed by atoms with Gasteiger partial charge in [-0.15, -0.1) is 0 Å². The summed E-state index contributed by atoms with van der Waals surface area (Å²) in [5, 5.41) is 3.59. The van der Waals surface area contributed by atoms with E-state index >= 15 is 0 Å². The number of carbonyl (C=O) groups is 1. The SMILES string of the molecule is CC(=O)c1noc(-c2cccc(C)c2)n1. The molecule has 1 aromatic carbocycles. The molecule has 0 unspecified atom stereocenters. The number of aromatic nitrogens is 2.